The highest BCUT2D eigenvalue weighted by Gasteiger charge is 2.15. The zero-order chi connectivity index (χ0) is 21.4. The number of carbonyl (C=O) groups excluding carboxylic acids is 1. The minimum atomic E-state index is -0.347. The van der Waals surface area contributed by atoms with Crippen molar-refractivity contribution in [2.24, 2.45) is 5.92 Å². The van der Waals surface area contributed by atoms with Gasteiger partial charge in [0.15, 0.2) is 16.6 Å². The Balaban J connectivity index is 2.01. The molecule has 156 valence electrons. The minimum Gasteiger partial charge on any atom is -0.493 e. The molecule has 0 spiro atoms. The van der Waals surface area contributed by atoms with Crippen molar-refractivity contribution >= 4 is 34.8 Å². The maximum Gasteiger partial charge on any atom is 0.261 e. The molecule has 6 nitrogen and oxygen atoms in total. The molecule has 0 saturated heterocycles. The molecule has 0 radical (unpaired) electrons. The predicted molar refractivity (Wildman–Crippen MR) is 118 cm³/mol. The molecule has 8 heteroatoms. The maximum absolute atomic E-state index is 12.6. The summed E-state index contributed by atoms with van der Waals surface area (Å²) in [4.78, 5) is 12.6. The fourth-order valence-corrected chi connectivity index (χ4v) is 2.84. The number of benzene rings is 2. The third-order valence-electron chi connectivity index (χ3n) is 3.92. The van der Waals surface area contributed by atoms with Crippen molar-refractivity contribution < 1.29 is 19.0 Å². The molecule has 0 unspecified atom stereocenters. The Morgan fingerprint density at radius 1 is 1.10 bits per heavy atom. The van der Waals surface area contributed by atoms with E-state index in [4.69, 9.17) is 38.0 Å². The first-order valence-electron chi connectivity index (χ1n) is 9.07. The van der Waals surface area contributed by atoms with E-state index in [-0.39, 0.29) is 11.0 Å². The molecule has 2 aromatic rings. The van der Waals surface area contributed by atoms with Crippen LogP contribution in [0.4, 0.5) is 0 Å². The van der Waals surface area contributed by atoms with Gasteiger partial charge in [0.05, 0.1) is 26.4 Å². The molecule has 0 heterocycles. The summed E-state index contributed by atoms with van der Waals surface area (Å²) in [5.41, 5.74) is 1.17. The van der Waals surface area contributed by atoms with Gasteiger partial charge < -0.3 is 19.5 Å². The number of para-hydroxylation sites is 1. The van der Waals surface area contributed by atoms with Gasteiger partial charge in [-0.25, -0.2) is 0 Å². The van der Waals surface area contributed by atoms with Crippen LogP contribution in [0.3, 0.4) is 0 Å². The molecule has 2 aromatic carbocycles. The quantitative estimate of drug-likeness (QED) is 0.604. The summed E-state index contributed by atoms with van der Waals surface area (Å²) in [5, 5.41) is 6.32. The second-order valence-electron chi connectivity index (χ2n) is 6.64. The van der Waals surface area contributed by atoms with Crippen LogP contribution in [0.1, 0.15) is 29.8 Å². The average molecular weight is 437 g/mol. The highest BCUT2D eigenvalue weighted by molar-refractivity contribution is 7.80. The number of rotatable bonds is 8. The normalized spacial score (nSPS) is 10.4. The number of halogens is 1. The van der Waals surface area contributed by atoms with Crippen molar-refractivity contribution in [1.29, 1.82) is 0 Å². The van der Waals surface area contributed by atoms with Crippen molar-refractivity contribution in [2.45, 2.75) is 20.4 Å². The number of ether oxygens (including phenoxy) is 3. The molecule has 0 bridgehead atoms. The van der Waals surface area contributed by atoms with E-state index in [1.165, 1.54) is 0 Å². The number of hydrogen-bond donors (Lipinski definition) is 2. The lowest BCUT2D eigenvalue weighted by molar-refractivity contribution is 0.0972. The van der Waals surface area contributed by atoms with E-state index in [2.05, 4.69) is 10.6 Å². The Labute approximate surface area is 181 Å². The van der Waals surface area contributed by atoms with E-state index in [0.29, 0.717) is 46.9 Å². The fourth-order valence-electron chi connectivity index (χ4n) is 2.46. The van der Waals surface area contributed by atoms with E-state index >= 15 is 0 Å². The number of thiocarbonyl (C=S) groups is 1. The molecule has 0 aliphatic carbocycles. The largest absolute Gasteiger partial charge is 0.493 e. The summed E-state index contributed by atoms with van der Waals surface area (Å²) < 4.78 is 16.2. The number of nitrogens with one attached hydrogen (secondary N) is 2. The predicted octanol–water partition coefficient (Wildman–Crippen LogP) is 4.20. The van der Waals surface area contributed by atoms with Gasteiger partial charge in [-0.3, -0.25) is 10.1 Å². The Kier molecular flexibility index (Phi) is 8.54. The van der Waals surface area contributed by atoms with Crippen LogP contribution in [0.15, 0.2) is 36.4 Å². The molecule has 1 amide bonds. The lowest BCUT2D eigenvalue weighted by Gasteiger charge is -2.15. The zero-order valence-corrected chi connectivity index (χ0v) is 18.4. The lowest BCUT2D eigenvalue weighted by Crippen LogP contribution is -2.39. The highest BCUT2D eigenvalue weighted by atomic mass is 35.5. The monoisotopic (exact) mass is 436 g/mol. The van der Waals surface area contributed by atoms with E-state index in [1.54, 1.807) is 44.6 Å². The van der Waals surface area contributed by atoms with Gasteiger partial charge in [0.25, 0.3) is 5.91 Å². The van der Waals surface area contributed by atoms with Gasteiger partial charge in [-0.2, -0.15) is 0 Å². The minimum absolute atomic E-state index is 0.180. The van der Waals surface area contributed by atoms with E-state index in [1.807, 2.05) is 19.9 Å². The van der Waals surface area contributed by atoms with Crippen LogP contribution in [0.5, 0.6) is 17.2 Å². The number of methoxy groups -OCH3 is 2. The highest BCUT2D eigenvalue weighted by Crippen LogP contribution is 2.33. The summed E-state index contributed by atoms with van der Waals surface area (Å²) in [7, 11) is 3.09. The molecular weight excluding hydrogens is 412 g/mol. The van der Waals surface area contributed by atoms with Gasteiger partial charge in [0.1, 0.15) is 5.75 Å². The average Bonchev–Trinajstić information content (AvgIpc) is 2.71. The molecule has 2 rings (SSSR count). The zero-order valence-electron chi connectivity index (χ0n) is 16.9. The first-order chi connectivity index (χ1) is 13.8. The molecule has 0 fully saturated rings. The van der Waals surface area contributed by atoms with Gasteiger partial charge >= 0.3 is 0 Å². The van der Waals surface area contributed by atoms with Gasteiger partial charge in [0.2, 0.25) is 0 Å². The van der Waals surface area contributed by atoms with Gasteiger partial charge in [-0.15, -0.1) is 0 Å². The van der Waals surface area contributed by atoms with Crippen LogP contribution >= 0.6 is 23.8 Å². The lowest BCUT2D eigenvalue weighted by atomic mass is 10.2. The Morgan fingerprint density at radius 3 is 2.41 bits per heavy atom. The van der Waals surface area contributed by atoms with Gasteiger partial charge in [0, 0.05) is 17.6 Å². The van der Waals surface area contributed by atoms with Gasteiger partial charge in [-0.05, 0) is 41.9 Å². The third kappa shape index (κ3) is 6.51. The summed E-state index contributed by atoms with van der Waals surface area (Å²) in [6.45, 7) is 4.91. The fraction of sp³-hybridized carbons (Fsp3) is 0.333. The Bertz CT molecular complexity index is 874. The number of amides is 1. The molecular formula is C21H25ClN2O4S. The standard InChI is InChI=1S/C21H25ClN2O4S/c1-13(2)12-28-17-8-6-5-7-15(17)20(25)24-21(29)23-11-14-9-18(26-3)19(27-4)10-16(14)22/h5-10,13H,11-12H2,1-4H3,(H2,23,24,25,29). The van der Waals surface area contributed by atoms with E-state index in [0.717, 1.165) is 5.56 Å². The Hall–Kier alpha value is -2.51. The topological polar surface area (TPSA) is 68.8 Å². The van der Waals surface area contributed by atoms with Crippen molar-refractivity contribution in [1.82, 2.24) is 10.6 Å². The molecule has 0 saturated carbocycles. The maximum atomic E-state index is 12.6. The van der Waals surface area contributed by atoms with Crippen LogP contribution in [0.2, 0.25) is 5.02 Å². The molecule has 0 aliphatic heterocycles. The second-order valence-corrected chi connectivity index (χ2v) is 7.45. The SMILES string of the molecule is COc1cc(Cl)c(CNC(=S)NC(=O)c2ccccc2OCC(C)C)cc1OC. The molecule has 0 atom stereocenters. The molecule has 0 aromatic heterocycles. The van der Waals surface area contributed by atoms with Crippen LogP contribution in [-0.4, -0.2) is 31.8 Å². The first-order valence-corrected chi connectivity index (χ1v) is 9.85. The first kappa shape index (κ1) is 22.8. The van der Waals surface area contributed by atoms with Gasteiger partial charge in [-0.1, -0.05) is 37.6 Å². The summed E-state index contributed by atoms with van der Waals surface area (Å²) in [6, 6.07) is 10.5. The summed E-state index contributed by atoms with van der Waals surface area (Å²) in [6.07, 6.45) is 0. The second kappa shape index (κ2) is 10.9. The Morgan fingerprint density at radius 2 is 1.76 bits per heavy atom. The molecule has 0 aliphatic rings. The molecule has 2 N–H and O–H groups in total. The van der Waals surface area contributed by atoms with E-state index < -0.39 is 0 Å². The van der Waals surface area contributed by atoms with Crippen molar-refractivity contribution in [3.05, 3.63) is 52.5 Å². The van der Waals surface area contributed by atoms with Crippen LogP contribution in [-0.2, 0) is 6.54 Å². The van der Waals surface area contributed by atoms with Crippen LogP contribution < -0.4 is 24.8 Å². The third-order valence-corrected chi connectivity index (χ3v) is 4.52. The van der Waals surface area contributed by atoms with Crippen molar-refractivity contribution in [3.8, 4) is 17.2 Å². The summed E-state index contributed by atoms with van der Waals surface area (Å²) in [5.74, 6) is 1.61. The number of carbonyl (C=O) groups is 1. The van der Waals surface area contributed by atoms with Crippen LogP contribution in [0.25, 0.3) is 0 Å². The molecule has 29 heavy (non-hydrogen) atoms. The number of hydrogen-bond acceptors (Lipinski definition) is 5. The van der Waals surface area contributed by atoms with Crippen molar-refractivity contribution in [3.63, 3.8) is 0 Å². The summed E-state index contributed by atoms with van der Waals surface area (Å²) >= 11 is 11.5. The van der Waals surface area contributed by atoms with Crippen LogP contribution in [0, 0.1) is 5.92 Å². The van der Waals surface area contributed by atoms with Crippen molar-refractivity contribution in [2.75, 3.05) is 20.8 Å². The smallest absolute Gasteiger partial charge is 0.261 e. The van der Waals surface area contributed by atoms with E-state index in [9.17, 15) is 4.79 Å².